The Hall–Kier alpha value is -0.0100. The van der Waals surface area contributed by atoms with E-state index in [0.29, 0.717) is 0 Å². The van der Waals surface area contributed by atoms with Gasteiger partial charge in [-0.2, -0.15) is 7.82 Å². The van der Waals surface area contributed by atoms with Crippen molar-refractivity contribution >= 4 is 7.82 Å². The molecule has 0 heterocycles. The fraction of sp³-hybridized carbons (Fsp3) is 1.00. The first-order chi connectivity index (χ1) is 34.0. The first kappa shape index (κ1) is 71.0. The van der Waals surface area contributed by atoms with E-state index in [1.807, 2.05) is 0 Å². The summed E-state index contributed by atoms with van der Waals surface area (Å²) in [5.41, 5.74) is 0. The maximum absolute atomic E-state index is 8.55. The molecule has 71 heavy (non-hydrogen) atoms. The maximum atomic E-state index is 8.55. The number of phosphoric acid groups is 1. The van der Waals surface area contributed by atoms with Gasteiger partial charge in [-0.25, -0.2) is 0 Å². The minimum Gasteiger partial charge on any atom is -0.822 e. The van der Waals surface area contributed by atoms with Crippen LogP contribution in [0.3, 0.4) is 0 Å². The Morgan fingerprint density at radius 3 is 0.592 bits per heavy atom. The summed E-state index contributed by atoms with van der Waals surface area (Å²) in [5, 5.41) is 0. The van der Waals surface area contributed by atoms with Gasteiger partial charge in [-0.1, -0.05) is 213 Å². The van der Waals surface area contributed by atoms with Gasteiger partial charge in [-0.05, 0) is 116 Å². The third kappa shape index (κ3) is 45.9. The third-order valence-corrected chi connectivity index (χ3v) is 17.7. The lowest BCUT2D eigenvalue weighted by Crippen LogP contribution is -2.49. The van der Waals surface area contributed by atoms with Crippen molar-refractivity contribution in [2.45, 2.75) is 347 Å². The molecule has 0 aliphatic heterocycles. The molecular formula is C63H132N3O4P. The van der Waals surface area contributed by atoms with E-state index >= 15 is 0 Å². The lowest BCUT2D eigenvalue weighted by Gasteiger charge is -2.39. The van der Waals surface area contributed by atoms with Gasteiger partial charge in [-0.15, -0.1) is 0 Å². The highest BCUT2D eigenvalue weighted by molar-refractivity contribution is 7.40. The third-order valence-electron chi connectivity index (χ3n) is 17.7. The molecule has 0 aromatic carbocycles. The molecule has 0 aromatic rings. The summed E-state index contributed by atoms with van der Waals surface area (Å²) in [6.07, 6.45) is 70.2. The summed E-state index contributed by atoms with van der Waals surface area (Å²) in [4.78, 5) is 25.6. The lowest BCUT2D eigenvalue weighted by atomic mass is 9.95. The van der Waals surface area contributed by atoms with Crippen molar-refractivity contribution in [3.05, 3.63) is 0 Å². The molecule has 0 N–H and O–H groups in total. The first-order valence-corrected chi connectivity index (χ1v) is 33.7. The molecule has 0 unspecified atom stereocenters. The Bertz CT molecular complexity index is 998. The second-order valence-corrected chi connectivity index (χ2v) is 26.3. The summed E-state index contributed by atoms with van der Waals surface area (Å²) >= 11 is 0. The minimum atomic E-state index is -5.39. The molecule has 8 heteroatoms. The van der Waals surface area contributed by atoms with E-state index in [0.717, 1.165) is 18.1 Å². The van der Waals surface area contributed by atoms with Crippen LogP contribution in [0, 0.1) is 0 Å². The van der Waals surface area contributed by atoms with E-state index in [4.69, 9.17) is 19.2 Å². The normalized spacial score (nSPS) is 18.7. The molecule has 3 rings (SSSR count). The summed E-state index contributed by atoms with van der Waals surface area (Å²) in [5.74, 6) is 0. The second kappa shape index (κ2) is 47.2. The molecule has 0 radical (unpaired) electrons. The number of quaternary nitrogens is 3. The first-order valence-electron chi connectivity index (χ1n) is 32.2. The van der Waals surface area contributed by atoms with Crippen LogP contribution in [0.2, 0.25) is 0 Å². The molecule has 0 saturated heterocycles. The number of unbranched alkanes of at least 4 members (excludes halogenated alkanes) is 18. The Kier molecular flexibility index (Phi) is 47.2. The zero-order valence-corrected chi connectivity index (χ0v) is 51.1. The van der Waals surface area contributed by atoms with Gasteiger partial charge in [0.2, 0.25) is 0 Å². The van der Waals surface area contributed by atoms with Crippen molar-refractivity contribution in [2.24, 2.45) is 0 Å². The van der Waals surface area contributed by atoms with Crippen molar-refractivity contribution in [3.63, 3.8) is 0 Å². The fourth-order valence-electron chi connectivity index (χ4n) is 12.4. The van der Waals surface area contributed by atoms with Crippen LogP contribution in [-0.4, -0.2) is 93.5 Å². The lowest BCUT2D eigenvalue weighted by molar-refractivity contribution is -0.916. The average molecular weight is 1030 g/mol. The van der Waals surface area contributed by atoms with Crippen LogP contribution < -0.4 is 14.7 Å². The molecule has 0 bridgehead atoms. The molecular weight excluding hydrogens is 894 g/mol. The van der Waals surface area contributed by atoms with E-state index in [1.54, 1.807) is 0 Å². The number of nitrogens with zero attached hydrogens (tertiary/aromatic N) is 3. The molecule has 0 atom stereocenters. The van der Waals surface area contributed by atoms with Gasteiger partial charge in [0.05, 0.1) is 80.0 Å². The number of hydrogen-bond acceptors (Lipinski definition) is 4. The number of hydrogen-bond donors (Lipinski definition) is 0. The van der Waals surface area contributed by atoms with Gasteiger partial charge in [0, 0.05) is 0 Å². The molecule has 3 aliphatic carbocycles. The van der Waals surface area contributed by atoms with Crippen LogP contribution >= 0.6 is 7.82 Å². The van der Waals surface area contributed by atoms with Crippen LogP contribution in [-0.2, 0) is 4.57 Å². The van der Waals surface area contributed by atoms with Crippen LogP contribution in [0.1, 0.15) is 329 Å². The quantitative estimate of drug-likeness (QED) is 0.0466. The summed E-state index contributed by atoms with van der Waals surface area (Å²) in [6.45, 7) is 11.1. The van der Waals surface area contributed by atoms with E-state index in [9.17, 15) is 0 Å². The summed E-state index contributed by atoms with van der Waals surface area (Å²) < 4.78 is 12.4. The Balaban J connectivity index is 0.000000985. The van der Waals surface area contributed by atoms with Gasteiger partial charge in [-0.3, -0.25) is 0 Å². The van der Waals surface area contributed by atoms with E-state index in [2.05, 4.69) is 63.1 Å². The largest absolute Gasteiger partial charge is 0.822 e. The van der Waals surface area contributed by atoms with Crippen LogP contribution in [0.4, 0.5) is 0 Å². The van der Waals surface area contributed by atoms with Gasteiger partial charge in [0.1, 0.15) is 0 Å². The second-order valence-electron chi connectivity index (χ2n) is 25.4. The zero-order chi connectivity index (χ0) is 52.8. The molecule has 0 spiro atoms. The highest BCUT2D eigenvalue weighted by atomic mass is 31.2. The van der Waals surface area contributed by atoms with E-state index < -0.39 is 7.82 Å². The smallest absolute Gasteiger partial charge is 0.0886 e. The topological polar surface area (TPSA) is 86.2 Å². The van der Waals surface area contributed by atoms with Gasteiger partial charge >= 0.3 is 0 Å². The Labute approximate surface area is 447 Å². The highest BCUT2D eigenvalue weighted by Crippen LogP contribution is 2.28. The van der Waals surface area contributed by atoms with Crippen LogP contribution in [0.5, 0.6) is 0 Å². The van der Waals surface area contributed by atoms with Crippen molar-refractivity contribution in [1.82, 2.24) is 0 Å². The molecule has 0 amide bonds. The van der Waals surface area contributed by atoms with Gasteiger partial charge in [0.25, 0.3) is 0 Å². The Morgan fingerprint density at radius 2 is 0.423 bits per heavy atom. The van der Waals surface area contributed by atoms with Crippen molar-refractivity contribution in [1.29, 1.82) is 0 Å². The predicted molar refractivity (Wildman–Crippen MR) is 309 cm³/mol. The highest BCUT2D eigenvalue weighted by Gasteiger charge is 2.29. The molecule has 3 fully saturated rings. The molecule has 428 valence electrons. The van der Waals surface area contributed by atoms with Crippen LogP contribution in [0.15, 0.2) is 0 Å². The van der Waals surface area contributed by atoms with Crippen molar-refractivity contribution in [2.75, 3.05) is 61.9 Å². The summed E-state index contributed by atoms with van der Waals surface area (Å²) in [6, 6.07) is 2.79. The minimum absolute atomic E-state index is 0.929. The van der Waals surface area contributed by atoms with Crippen LogP contribution in [0.25, 0.3) is 0 Å². The predicted octanol–water partition coefficient (Wildman–Crippen LogP) is 17.3. The van der Waals surface area contributed by atoms with E-state index in [-0.39, 0.29) is 0 Å². The SMILES string of the molecule is CCCCCCCCC[N+](C)(C)C1CCCCCCCCC1.CCCCCCCCC[N+](C)(C)C1CCCCCCCCC1.CCCCCCCCC[N+](C)(C)C1CCCCCCCCC1.O=P([O-])([O-])[O-]. The monoisotopic (exact) mass is 1030 g/mol. The van der Waals surface area contributed by atoms with E-state index in [1.165, 1.54) is 341 Å². The fourth-order valence-corrected chi connectivity index (χ4v) is 12.4. The van der Waals surface area contributed by atoms with Gasteiger partial charge in [0.15, 0.2) is 0 Å². The standard InChI is InChI=1S/3C21H44N.H3O4P/c3*1-4-5-6-7-11-14-17-20-22(2,3)21-18-15-12-9-8-10-13-16-19-21;1-5(2,3)4/h3*21H,4-20H2,1-3H3;(H3,1,2,3,4)/q3*+1;/p-3. The molecule has 7 nitrogen and oxygen atoms in total. The molecule has 0 aromatic heterocycles. The average Bonchev–Trinajstić information content (AvgIpc) is 3.33. The zero-order valence-electron chi connectivity index (χ0n) is 50.2. The molecule has 3 aliphatic rings. The maximum Gasteiger partial charge on any atom is 0.0886 e. The van der Waals surface area contributed by atoms with Crippen molar-refractivity contribution in [3.8, 4) is 0 Å². The summed E-state index contributed by atoms with van der Waals surface area (Å²) in [7, 11) is 9.66. The molecule has 3 saturated carbocycles. The van der Waals surface area contributed by atoms with Crippen molar-refractivity contribution < 1.29 is 32.7 Å². The number of rotatable bonds is 27. The Morgan fingerprint density at radius 1 is 0.282 bits per heavy atom. The van der Waals surface area contributed by atoms with Gasteiger partial charge < -0.3 is 32.7 Å².